The normalized spacial score (nSPS) is 23.0. The van der Waals surface area contributed by atoms with E-state index in [1.807, 2.05) is 12.1 Å². The fraction of sp³-hybridized carbons (Fsp3) is 0.647. The van der Waals surface area contributed by atoms with E-state index < -0.39 is 0 Å². The Morgan fingerprint density at radius 1 is 1.52 bits per heavy atom. The van der Waals surface area contributed by atoms with Crippen molar-refractivity contribution in [2.45, 2.75) is 39.2 Å². The minimum Gasteiger partial charge on any atom is -0.357 e. The molecule has 23 heavy (non-hydrogen) atoms. The van der Waals surface area contributed by atoms with E-state index in [1.165, 1.54) is 12.8 Å². The fourth-order valence-corrected chi connectivity index (χ4v) is 3.08. The third-order valence-corrected chi connectivity index (χ3v) is 4.93. The van der Waals surface area contributed by atoms with E-state index >= 15 is 0 Å². The first-order valence-corrected chi connectivity index (χ1v) is 8.88. The smallest absolute Gasteiger partial charge is 0.191 e. The molecule has 2 fully saturated rings. The zero-order valence-corrected chi connectivity index (χ0v) is 14.7. The Morgan fingerprint density at radius 3 is 3.04 bits per heavy atom. The lowest BCUT2D eigenvalue weighted by molar-refractivity contribution is 0.579. The topological polar surface area (TPSA) is 52.6 Å². The van der Waals surface area contributed by atoms with Gasteiger partial charge in [-0.15, -0.1) is 0 Å². The van der Waals surface area contributed by atoms with Crippen LogP contribution in [0.3, 0.4) is 0 Å². The molecular weight excluding hydrogens is 310 g/mol. The highest BCUT2D eigenvalue weighted by atomic mass is 35.5. The van der Waals surface area contributed by atoms with Gasteiger partial charge in [0.15, 0.2) is 5.96 Å². The first kappa shape index (κ1) is 16.4. The number of rotatable bonds is 5. The molecule has 0 radical (unpaired) electrons. The molecule has 0 bridgehead atoms. The van der Waals surface area contributed by atoms with Gasteiger partial charge in [-0.1, -0.05) is 18.5 Å². The third-order valence-electron chi connectivity index (χ3n) is 4.63. The number of aliphatic imine (C=N–C) groups is 1. The lowest BCUT2D eigenvalue weighted by Crippen LogP contribution is -2.45. The summed E-state index contributed by atoms with van der Waals surface area (Å²) in [7, 11) is 0. The van der Waals surface area contributed by atoms with Crippen LogP contribution in [0, 0.1) is 5.41 Å². The van der Waals surface area contributed by atoms with Crippen LogP contribution in [0.4, 0.5) is 5.82 Å². The van der Waals surface area contributed by atoms with Crippen LogP contribution in [0.25, 0.3) is 0 Å². The SMILES string of the molecule is CCNC(=NCC1(C)CC1)NC1CCN(c2ncccc2Cl)C1. The molecule has 0 amide bonds. The number of guanidine groups is 1. The van der Waals surface area contributed by atoms with Crippen molar-refractivity contribution in [3.05, 3.63) is 23.4 Å². The molecule has 6 heteroatoms. The highest BCUT2D eigenvalue weighted by Crippen LogP contribution is 2.44. The van der Waals surface area contributed by atoms with Gasteiger partial charge in [0.1, 0.15) is 5.82 Å². The highest BCUT2D eigenvalue weighted by Gasteiger charge is 2.37. The van der Waals surface area contributed by atoms with E-state index in [2.05, 4.69) is 34.4 Å². The van der Waals surface area contributed by atoms with Crippen LogP contribution >= 0.6 is 11.6 Å². The second-order valence-electron chi connectivity index (χ2n) is 6.89. The van der Waals surface area contributed by atoms with E-state index in [-0.39, 0.29) is 0 Å². The first-order valence-electron chi connectivity index (χ1n) is 8.50. The summed E-state index contributed by atoms with van der Waals surface area (Å²) in [5, 5.41) is 7.64. The van der Waals surface area contributed by atoms with Crippen LogP contribution in [-0.4, -0.2) is 43.2 Å². The molecule has 1 aliphatic heterocycles. The van der Waals surface area contributed by atoms with E-state index in [0.717, 1.165) is 49.4 Å². The predicted octanol–water partition coefficient (Wildman–Crippen LogP) is 2.67. The summed E-state index contributed by atoms with van der Waals surface area (Å²) >= 11 is 6.25. The Balaban J connectivity index is 1.58. The number of halogens is 1. The monoisotopic (exact) mass is 335 g/mol. The summed E-state index contributed by atoms with van der Waals surface area (Å²) in [5.74, 6) is 1.81. The molecule has 2 aliphatic rings. The number of hydrogen-bond donors (Lipinski definition) is 2. The quantitative estimate of drug-likeness (QED) is 0.641. The standard InChI is InChI=1S/C17H26ClN5/c1-3-19-16(21-12-17(2)7-8-17)22-13-6-10-23(11-13)15-14(18)5-4-9-20-15/h4-5,9,13H,3,6-8,10-12H2,1-2H3,(H2,19,21,22). The van der Waals surface area contributed by atoms with Crippen LogP contribution in [0.15, 0.2) is 23.3 Å². The van der Waals surface area contributed by atoms with Gasteiger partial charge in [0.2, 0.25) is 0 Å². The van der Waals surface area contributed by atoms with E-state index in [9.17, 15) is 0 Å². The summed E-state index contributed by atoms with van der Waals surface area (Å²) in [6.45, 7) is 8.06. The van der Waals surface area contributed by atoms with Crippen molar-refractivity contribution in [1.29, 1.82) is 0 Å². The van der Waals surface area contributed by atoms with Gasteiger partial charge in [0.05, 0.1) is 5.02 Å². The number of hydrogen-bond acceptors (Lipinski definition) is 3. The molecule has 1 saturated carbocycles. The Bertz CT molecular complexity index is 570. The van der Waals surface area contributed by atoms with Gasteiger partial charge in [0, 0.05) is 38.4 Å². The van der Waals surface area contributed by atoms with Gasteiger partial charge < -0.3 is 15.5 Å². The van der Waals surface area contributed by atoms with Crippen molar-refractivity contribution in [1.82, 2.24) is 15.6 Å². The largest absolute Gasteiger partial charge is 0.357 e. The maximum Gasteiger partial charge on any atom is 0.191 e. The Labute approximate surface area is 143 Å². The third kappa shape index (κ3) is 4.28. The molecule has 1 aromatic rings. The molecule has 3 rings (SSSR count). The van der Waals surface area contributed by atoms with Crippen LogP contribution < -0.4 is 15.5 Å². The van der Waals surface area contributed by atoms with Crippen molar-refractivity contribution in [2.24, 2.45) is 10.4 Å². The molecule has 1 aliphatic carbocycles. The van der Waals surface area contributed by atoms with Crippen molar-refractivity contribution in [3.63, 3.8) is 0 Å². The minimum atomic E-state index is 0.373. The zero-order chi connectivity index (χ0) is 16.3. The number of aromatic nitrogens is 1. The van der Waals surface area contributed by atoms with Crippen molar-refractivity contribution in [3.8, 4) is 0 Å². The predicted molar refractivity (Wildman–Crippen MR) is 96.3 cm³/mol. The number of pyridine rings is 1. The molecule has 0 spiro atoms. The number of nitrogens with one attached hydrogen (secondary N) is 2. The Hall–Kier alpha value is -1.49. The molecule has 2 N–H and O–H groups in total. The lowest BCUT2D eigenvalue weighted by Gasteiger charge is -2.20. The van der Waals surface area contributed by atoms with E-state index in [1.54, 1.807) is 6.20 Å². The molecular formula is C17H26ClN5. The van der Waals surface area contributed by atoms with Gasteiger partial charge in [-0.3, -0.25) is 4.99 Å². The van der Waals surface area contributed by atoms with Gasteiger partial charge in [-0.05, 0) is 43.7 Å². The average molecular weight is 336 g/mol. The van der Waals surface area contributed by atoms with Gasteiger partial charge >= 0.3 is 0 Å². The average Bonchev–Trinajstić information content (AvgIpc) is 3.09. The second-order valence-corrected chi connectivity index (χ2v) is 7.30. The second kappa shape index (κ2) is 6.95. The number of nitrogens with zero attached hydrogens (tertiary/aromatic N) is 3. The molecule has 126 valence electrons. The maximum absolute atomic E-state index is 6.25. The van der Waals surface area contributed by atoms with Crippen molar-refractivity contribution in [2.75, 3.05) is 31.1 Å². The summed E-state index contributed by atoms with van der Waals surface area (Å²) in [6, 6.07) is 4.14. The summed E-state index contributed by atoms with van der Waals surface area (Å²) < 4.78 is 0. The Morgan fingerprint density at radius 2 is 2.35 bits per heavy atom. The number of anilines is 1. The van der Waals surface area contributed by atoms with Gasteiger partial charge in [-0.25, -0.2) is 4.98 Å². The van der Waals surface area contributed by atoms with E-state index in [0.29, 0.717) is 11.5 Å². The fourth-order valence-electron chi connectivity index (χ4n) is 2.84. The first-order chi connectivity index (χ1) is 11.1. The van der Waals surface area contributed by atoms with Crippen LogP contribution in [0.5, 0.6) is 0 Å². The highest BCUT2D eigenvalue weighted by molar-refractivity contribution is 6.32. The maximum atomic E-state index is 6.25. The molecule has 1 atom stereocenters. The minimum absolute atomic E-state index is 0.373. The van der Waals surface area contributed by atoms with Gasteiger partial charge in [-0.2, -0.15) is 0 Å². The van der Waals surface area contributed by atoms with Crippen LogP contribution in [0.2, 0.25) is 5.02 Å². The zero-order valence-electron chi connectivity index (χ0n) is 14.0. The van der Waals surface area contributed by atoms with E-state index in [4.69, 9.17) is 16.6 Å². The van der Waals surface area contributed by atoms with Gasteiger partial charge in [0.25, 0.3) is 0 Å². The molecule has 1 unspecified atom stereocenters. The molecule has 2 heterocycles. The molecule has 5 nitrogen and oxygen atoms in total. The molecule has 1 aromatic heterocycles. The molecule has 1 saturated heterocycles. The summed E-state index contributed by atoms with van der Waals surface area (Å²) in [4.78, 5) is 11.4. The van der Waals surface area contributed by atoms with Crippen molar-refractivity contribution < 1.29 is 0 Å². The molecule has 0 aromatic carbocycles. The lowest BCUT2D eigenvalue weighted by atomic mass is 10.1. The summed E-state index contributed by atoms with van der Waals surface area (Å²) in [6.07, 6.45) is 5.45. The van der Waals surface area contributed by atoms with Crippen molar-refractivity contribution >= 4 is 23.4 Å². The van der Waals surface area contributed by atoms with Crippen LogP contribution in [0.1, 0.15) is 33.1 Å². The Kier molecular flexibility index (Phi) is 4.95. The summed E-state index contributed by atoms with van der Waals surface area (Å²) in [5.41, 5.74) is 0.436. The van der Waals surface area contributed by atoms with Crippen LogP contribution in [-0.2, 0) is 0 Å².